The van der Waals surface area contributed by atoms with E-state index in [1.54, 1.807) is 6.07 Å². The molecule has 0 saturated heterocycles. The Morgan fingerprint density at radius 1 is 1.06 bits per heavy atom. The number of nitrogens with zero attached hydrogens (tertiary/aromatic N) is 1. The Hall–Kier alpha value is -1.79. The fourth-order valence-electron chi connectivity index (χ4n) is 1.65. The van der Waals surface area contributed by atoms with Gasteiger partial charge >= 0.3 is 0 Å². The van der Waals surface area contributed by atoms with Crippen LogP contribution in [0.25, 0.3) is 0 Å². The second kappa shape index (κ2) is 5.24. The van der Waals surface area contributed by atoms with Gasteiger partial charge < -0.3 is 4.74 Å². The van der Waals surface area contributed by atoms with Crippen molar-refractivity contribution in [1.82, 2.24) is 0 Å². The molecule has 2 aromatic rings. The van der Waals surface area contributed by atoms with Gasteiger partial charge in [-0.2, -0.15) is 5.26 Å². The molecule has 0 spiro atoms. The van der Waals surface area contributed by atoms with Crippen LogP contribution < -0.4 is 4.74 Å². The van der Waals surface area contributed by atoms with Crippen molar-refractivity contribution in [3.8, 4) is 17.6 Å². The lowest BCUT2D eigenvalue weighted by atomic mass is 10.1. The largest absolute Gasteiger partial charge is 0.456 e. The van der Waals surface area contributed by atoms with Crippen LogP contribution in [-0.4, -0.2) is 0 Å². The molecule has 2 aromatic carbocycles. The molecule has 0 radical (unpaired) electrons. The zero-order valence-corrected chi connectivity index (χ0v) is 11.8. The van der Waals surface area contributed by atoms with Crippen molar-refractivity contribution in [3.05, 3.63) is 57.6 Å². The van der Waals surface area contributed by atoms with Crippen molar-refractivity contribution in [2.75, 3.05) is 0 Å². The lowest BCUT2D eigenvalue weighted by molar-refractivity contribution is 0.477. The van der Waals surface area contributed by atoms with E-state index in [0.29, 0.717) is 11.3 Å². The second-order valence-corrected chi connectivity index (χ2v) is 5.04. The number of nitriles is 1. The SMILES string of the molecule is Cc1ccc(C#N)c(Oc2ccc(Br)cc2C)c1. The van der Waals surface area contributed by atoms with Gasteiger partial charge in [-0.1, -0.05) is 22.0 Å². The minimum absolute atomic E-state index is 0.544. The molecule has 0 aliphatic heterocycles. The van der Waals surface area contributed by atoms with Crippen molar-refractivity contribution in [2.45, 2.75) is 13.8 Å². The van der Waals surface area contributed by atoms with Gasteiger partial charge in [-0.25, -0.2) is 0 Å². The average molecular weight is 302 g/mol. The maximum absolute atomic E-state index is 9.06. The summed E-state index contributed by atoms with van der Waals surface area (Å²) in [5.41, 5.74) is 2.64. The molecular weight excluding hydrogens is 290 g/mol. The standard InChI is InChI=1S/C15H12BrNO/c1-10-3-4-12(9-17)15(7-10)18-14-6-5-13(16)8-11(14)2/h3-8H,1-2H3. The number of halogens is 1. The molecule has 0 aliphatic rings. The fourth-order valence-corrected chi connectivity index (χ4v) is 2.13. The summed E-state index contributed by atoms with van der Waals surface area (Å²) in [4.78, 5) is 0. The summed E-state index contributed by atoms with van der Waals surface area (Å²) in [5.74, 6) is 1.36. The highest BCUT2D eigenvalue weighted by atomic mass is 79.9. The zero-order chi connectivity index (χ0) is 13.1. The van der Waals surface area contributed by atoms with Gasteiger partial charge in [0.2, 0.25) is 0 Å². The minimum atomic E-state index is 0.544. The van der Waals surface area contributed by atoms with E-state index in [1.165, 1.54) is 0 Å². The molecule has 0 fully saturated rings. The van der Waals surface area contributed by atoms with Gasteiger partial charge in [-0.05, 0) is 55.3 Å². The summed E-state index contributed by atoms with van der Waals surface area (Å²) >= 11 is 3.41. The van der Waals surface area contributed by atoms with Crippen molar-refractivity contribution >= 4 is 15.9 Å². The van der Waals surface area contributed by atoms with Crippen molar-refractivity contribution in [3.63, 3.8) is 0 Å². The molecule has 0 aromatic heterocycles. The van der Waals surface area contributed by atoms with Crippen LogP contribution in [0.3, 0.4) is 0 Å². The van der Waals surface area contributed by atoms with Gasteiger partial charge in [0, 0.05) is 4.47 Å². The molecule has 18 heavy (non-hydrogen) atoms. The predicted octanol–water partition coefficient (Wildman–Crippen LogP) is 4.73. The van der Waals surface area contributed by atoms with Crippen molar-refractivity contribution < 1.29 is 4.74 Å². The van der Waals surface area contributed by atoms with Crippen LogP contribution in [0.15, 0.2) is 40.9 Å². The summed E-state index contributed by atoms with van der Waals surface area (Å²) in [6.07, 6.45) is 0. The Kier molecular flexibility index (Phi) is 3.69. The van der Waals surface area contributed by atoms with Crippen molar-refractivity contribution in [1.29, 1.82) is 5.26 Å². The number of ether oxygens (including phenoxy) is 1. The van der Waals surface area contributed by atoms with E-state index in [4.69, 9.17) is 10.00 Å². The van der Waals surface area contributed by atoms with E-state index in [2.05, 4.69) is 22.0 Å². The van der Waals surface area contributed by atoms with Crippen molar-refractivity contribution in [2.24, 2.45) is 0 Å². The quantitative estimate of drug-likeness (QED) is 0.803. The number of aryl methyl sites for hydroxylation is 2. The molecule has 2 rings (SSSR count). The molecule has 0 atom stereocenters. The smallest absolute Gasteiger partial charge is 0.145 e. The number of hydrogen-bond donors (Lipinski definition) is 0. The van der Waals surface area contributed by atoms with Crippen LogP contribution in [0.4, 0.5) is 0 Å². The summed E-state index contributed by atoms with van der Waals surface area (Å²) in [5, 5.41) is 9.06. The van der Waals surface area contributed by atoms with Gasteiger partial charge in [0.05, 0.1) is 5.56 Å². The maximum Gasteiger partial charge on any atom is 0.145 e. The Morgan fingerprint density at radius 2 is 1.83 bits per heavy atom. The predicted molar refractivity (Wildman–Crippen MR) is 74.8 cm³/mol. The average Bonchev–Trinajstić information content (AvgIpc) is 2.33. The van der Waals surface area contributed by atoms with Crippen LogP contribution in [0.2, 0.25) is 0 Å². The van der Waals surface area contributed by atoms with Gasteiger partial charge in [-0.3, -0.25) is 0 Å². The maximum atomic E-state index is 9.06. The van der Waals surface area contributed by atoms with Crippen LogP contribution >= 0.6 is 15.9 Å². The summed E-state index contributed by atoms with van der Waals surface area (Å²) in [6.45, 7) is 3.95. The molecule has 3 heteroatoms. The van der Waals surface area contributed by atoms with E-state index in [0.717, 1.165) is 21.3 Å². The highest BCUT2D eigenvalue weighted by molar-refractivity contribution is 9.10. The van der Waals surface area contributed by atoms with Crippen LogP contribution in [-0.2, 0) is 0 Å². The molecule has 0 aliphatic carbocycles. The summed E-state index contributed by atoms with van der Waals surface area (Å²) < 4.78 is 6.83. The molecule has 0 N–H and O–H groups in total. The van der Waals surface area contributed by atoms with E-state index in [9.17, 15) is 0 Å². The summed E-state index contributed by atoms with van der Waals surface area (Å²) in [6, 6.07) is 13.5. The molecule has 0 bridgehead atoms. The normalized spacial score (nSPS) is 9.89. The van der Waals surface area contributed by atoms with Gasteiger partial charge in [0.15, 0.2) is 0 Å². The fraction of sp³-hybridized carbons (Fsp3) is 0.133. The zero-order valence-electron chi connectivity index (χ0n) is 10.2. The lowest BCUT2D eigenvalue weighted by Gasteiger charge is -2.10. The topological polar surface area (TPSA) is 33.0 Å². The molecule has 90 valence electrons. The van der Waals surface area contributed by atoms with Gasteiger partial charge in [-0.15, -0.1) is 0 Å². The molecular formula is C15H12BrNO. The number of rotatable bonds is 2. The van der Waals surface area contributed by atoms with Crippen LogP contribution in [0.1, 0.15) is 16.7 Å². The first-order chi connectivity index (χ1) is 8.60. The summed E-state index contributed by atoms with van der Waals surface area (Å²) in [7, 11) is 0. The lowest BCUT2D eigenvalue weighted by Crippen LogP contribution is -1.91. The third kappa shape index (κ3) is 2.72. The Morgan fingerprint density at radius 3 is 2.50 bits per heavy atom. The first-order valence-electron chi connectivity index (χ1n) is 5.55. The van der Waals surface area contributed by atoms with E-state index >= 15 is 0 Å². The van der Waals surface area contributed by atoms with E-state index in [-0.39, 0.29) is 0 Å². The molecule has 2 nitrogen and oxygen atoms in total. The minimum Gasteiger partial charge on any atom is -0.456 e. The molecule has 0 saturated carbocycles. The Balaban J connectivity index is 2.40. The third-order valence-corrected chi connectivity index (χ3v) is 3.11. The van der Waals surface area contributed by atoms with Crippen LogP contribution in [0.5, 0.6) is 11.5 Å². The number of hydrogen-bond acceptors (Lipinski definition) is 2. The van der Waals surface area contributed by atoms with Crippen LogP contribution in [0, 0.1) is 25.2 Å². The Bertz CT molecular complexity index is 629. The highest BCUT2D eigenvalue weighted by Crippen LogP contribution is 2.30. The van der Waals surface area contributed by atoms with Gasteiger partial charge in [0.25, 0.3) is 0 Å². The first-order valence-corrected chi connectivity index (χ1v) is 6.34. The van der Waals surface area contributed by atoms with E-state index in [1.807, 2.05) is 44.2 Å². The molecule has 0 heterocycles. The Labute approximate surface area is 115 Å². The molecule has 0 unspecified atom stereocenters. The highest BCUT2D eigenvalue weighted by Gasteiger charge is 2.07. The molecule has 0 amide bonds. The van der Waals surface area contributed by atoms with E-state index < -0.39 is 0 Å². The van der Waals surface area contributed by atoms with Gasteiger partial charge in [0.1, 0.15) is 17.6 Å². The third-order valence-electron chi connectivity index (χ3n) is 2.61. The first kappa shape index (κ1) is 12.7. The monoisotopic (exact) mass is 301 g/mol. The second-order valence-electron chi connectivity index (χ2n) is 4.12. The number of benzene rings is 2.